The number of aromatic nitrogens is 3. The molecule has 2 aliphatic heterocycles. The van der Waals surface area contributed by atoms with E-state index < -0.39 is 0 Å². The molecule has 0 radical (unpaired) electrons. The molecule has 2 saturated heterocycles. The number of aryl methyl sites for hydroxylation is 1. The second kappa shape index (κ2) is 5.71. The van der Waals surface area contributed by atoms with E-state index in [1.54, 1.807) is 0 Å². The van der Waals surface area contributed by atoms with Crippen LogP contribution in [-0.2, 0) is 13.5 Å². The van der Waals surface area contributed by atoms with Crippen LogP contribution in [-0.4, -0.2) is 26.8 Å². The molecular formula is C17H28N4. The largest absolute Gasteiger partial charge is 0.311 e. The minimum absolute atomic E-state index is 0.628. The van der Waals surface area contributed by atoms with Gasteiger partial charge < -0.3 is 5.32 Å². The minimum Gasteiger partial charge on any atom is -0.311 e. The van der Waals surface area contributed by atoms with Gasteiger partial charge >= 0.3 is 0 Å². The predicted octanol–water partition coefficient (Wildman–Crippen LogP) is 2.94. The van der Waals surface area contributed by atoms with Crippen LogP contribution in [0.1, 0.15) is 75.4 Å². The van der Waals surface area contributed by atoms with Crippen molar-refractivity contribution in [3.05, 3.63) is 11.6 Å². The molecule has 1 aliphatic carbocycles. The Balaban J connectivity index is 1.44. The van der Waals surface area contributed by atoms with Gasteiger partial charge in [0, 0.05) is 31.5 Å². The number of nitrogens with one attached hydrogen (secondary N) is 1. The van der Waals surface area contributed by atoms with E-state index in [1.165, 1.54) is 63.6 Å². The quantitative estimate of drug-likeness (QED) is 0.930. The van der Waals surface area contributed by atoms with Crippen molar-refractivity contribution in [3.8, 4) is 0 Å². The lowest BCUT2D eigenvalue weighted by atomic mass is 9.88. The summed E-state index contributed by atoms with van der Waals surface area (Å²) in [5, 5.41) is 8.48. The highest BCUT2D eigenvalue weighted by Gasteiger charge is 2.34. The summed E-state index contributed by atoms with van der Waals surface area (Å²) in [5.74, 6) is 3.79. The van der Waals surface area contributed by atoms with Gasteiger partial charge in [-0.1, -0.05) is 19.3 Å². The van der Waals surface area contributed by atoms with Crippen molar-refractivity contribution in [2.45, 2.75) is 82.2 Å². The third kappa shape index (κ3) is 2.87. The van der Waals surface area contributed by atoms with Gasteiger partial charge in [-0.15, -0.1) is 0 Å². The maximum Gasteiger partial charge on any atom is 0.154 e. The van der Waals surface area contributed by atoms with E-state index in [4.69, 9.17) is 10.1 Å². The monoisotopic (exact) mass is 288 g/mol. The van der Waals surface area contributed by atoms with Crippen molar-refractivity contribution in [1.29, 1.82) is 0 Å². The molecule has 1 aromatic rings. The maximum atomic E-state index is 4.93. The number of piperidine rings is 1. The lowest BCUT2D eigenvalue weighted by molar-refractivity contribution is 0.293. The molecule has 3 aliphatic rings. The molecule has 4 nitrogen and oxygen atoms in total. The van der Waals surface area contributed by atoms with Gasteiger partial charge in [-0.05, 0) is 44.4 Å². The summed E-state index contributed by atoms with van der Waals surface area (Å²) in [7, 11) is 2.09. The van der Waals surface area contributed by atoms with E-state index in [0.717, 1.165) is 30.2 Å². The van der Waals surface area contributed by atoms with Crippen LogP contribution in [0.5, 0.6) is 0 Å². The highest BCUT2D eigenvalue weighted by atomic mass is 15.3. The number of rotatable bonds is 3. The first-order valence-corrected chi connectivity index (χ1v) is 8.94. The summed E-state index contributed by atoms with van der Waals surface area (Å²) in [6.45, 7) is 0. The molecule has 2 unspecified atom stereocenters. The van der Waals surface area contributed by atoms with Crippen LogP contribution in [0, 0.1) is 5.92 Å². The lowest BCUT2D eigenvalue weighted by Crippen LogP contribution is -2.38. The van der Waals surface area contributed by atoms with Crippen molar-refractivity contribution in [3.63, 3.8) is 0 Å². The third-order valence-corrected chi connectivity index (χ3v) is 5.88. The van der Waals surface area contributed by atoms with Gasteiger partial charge in [0.05, 0.1) is 0 Å². The Hall–Kier alpha value is -0.900. The average Bonchev–Trinajstić information content (AvgIpc) is 3.03. The zero-order valence-corrected chi connectivity index (χ0v) is 13.2. The van der Waals surface area contributed by atoms with Crippen molar-refractivity contribution in [2.75, 3.05) is 0 Å². The summed E-state index contributed by atoms with van der Waals surface area (Å²) >= 11 is 0. The van der Waals surface area contributed by atoms with Crippen molar-refractivity contribution in [1.82, 2.24) is 20.1 Å². The van der Waals surface area contributed by atoms with Crippen LogP contribution in [0.15, 0.2) is 0 Å². The van der Waals surface area contributed by atoms with Crippen LogP contribution in [0.3, 0.4) is 0 Å². The average molecular weight is 288 g/mol. The molecular weight excluding hydrogens is 260 g/mol. The summed E-state index contributed by atoms with van der Waals surface area (Å²) < 4.78 is 2.06. The Labute approximate surface area is 127 Å². The van der Waals surface area contributed by atoms with Gasteiger partial charge in [-0.2, -0.15) is 5.10 Å². The molecule has 3 heterocycles. The molecule has 1 N–H and O–H groups in total. The molecule has 2 atom stereocenters. The fourth-order valence-corrected chi connectivity index (χ4v) is 4.75. The summed E-state index contributed by atoms with van der Waals surface area (Å²) in [4.78, 5) is 4.93. The molecule has 0 spiro atoms. The maximum absolute atomic E-state index is 4.93. The number of hydrogen-bond acceptors (Lipinski definition) is 3. The summed E-state index contributed by atoms with van der Waals surface area (Å²) in [5.41, 5.74) is 0. The van der Waals surface area contributed by atoms with E-state index in [1.807, 2.05) is 0 Å². The molecule has 4 heteroatoms. The Kier molecular flexibility index (Phi) is 3.74. The number of hydrogen-bond donors (Lipinski definition) is 1. The van der Waals surface area contributed by atoms with Gasteiger partial charge in [-0.25, -0.2) is 4.98 Å². The van der Waals surface area contributed by atoms with E-state index >= 15 is 0 Å². The Morgan fingerprint density at radius 3 is 2.48 bits per heavy atom. The fraction of sp³-hybridized carbons (Fsp3) is 0.882. The first-order valence-electron chi connectivity index (χ1n) is 8.94. The van der Waals surface area contributed by atoms with Gasteiger partial charge in [0.1, 0.15) is 5.82 Å². The Morgan fingerprint density at radius 2 is 1.76 bits per heavy atom. The van der Waals surface area contributed by atoms with Crippen LogP contribution < -0.4 is 5.32 Å². The zero-order valence-electron chi connectivity index (χ0n) is 13.2. The second-order valence-corrected chi connectivity index (χ2v) is 7.52. The normalized spacial score (nSPS) is 33.5. The predicted molar refractivity (Wildman–Crippen MR) is 83.2 cm³/mol. The number of fused-ring (bicyclic) bond motifs is 2. The molecule has 1 aromatic heterocycles. The molecule has 0 aromatic carbocycles. The smallest absolute Gasteiger partial charge is 0.154 e. The van der Waals surface area contributed by atoms with E-state index in [0.29, 0.717) is 5.92 Å². The number of nitrogens with zero attached hydrogens (tertiary/aromatic N) is 3. The van der Waals surface area contributed by atoms with Gasteiger partial charge in [0.15, 0.2) is 5.82 Å². The molecule has 4 rings (SSSR count). The molecule has 3 fully saturated rings. The third-order valence-electron chi connectivity index (χ3n) is 5.88. The van der Waals surface area contributed by atoms with Crippen molar-refractivity contribution < 1.29 is 0 Å². The van der Waals surface area contributed by atoms with Crippen LogP contribution in [0.2, 0.25) is 0 Å². The SMILES string of the molecule is Cn1nc(C2CCCCC2)nc1CC1CC2CCC(C1)N2. The van der Waals surface area contributed by atoms with Gasteiger partial charge in [-0.3, -0.25) is 4.68 Å². The highest BCUT2D eigenvalue weighted by molar-refractivity contribution is 5.03. The van der Waals surface area contributed by atoms with Crippen LogP contribution >= 0.6 is 0 Å². The lowest BCUT2D eigenvalue weighted by Gasteiger charge is -2.28. The van der Waals surface area contributed by atoms with Crippen molar-refractivity contribution >= 4 is 0 Å². The Morgan fingerprint density at radius 1 is 1.05 bits per heavy atom. The highest BCUT2D eigenvalue weighted by Crippen LogP contribution is 2.34. The first kappa shape index (κ1) is 13.7. The van der Waals surface area contributed by atoms with E-state index in [2.05, 4.69) is 17.0 Å². The zero-order chi connectivity index (χ0) is 14.2. The van der Waals surface area contributed by atoms with E-state index in [9.17, 15) is 0 Å². The molecule has 2 bridgehead atoms. The Bertz CT molecular complexity index is 477. The molecule has 21 heavy (non-hydrogen) atoms. The fourth-order valence-electron chi connectivity index (χ4n) is 4.75. The molecule has 116 valence electrons. The van der Waals surface area contributed by atoms with Gasteiger partial charge in [0.25, 0.3) is 0 Å². The topological polar surface area (TPSA) is 42.7 Å². The summed E-state index contributed by atoms with van der Waals surface area (Å²) in [6.07, 6.45) is 13.3. The van der Waals surface area contributed by atoms with Crippen LogP contribution in [0.4, 0.5) is 0 Å². The van der Waals surface area contributed by atoms with Gasteiger partial charge in [0.2, 0.25) is 0 Å². The van der Waals surface area contributed by atoms with Crippen LogP contribution in [0.25, 0.3) is 0 Å². The van der Waals surface area contributed by atoms with Crippen molar-refractivity contribution in [2.24, 2.45) is 13.0 Å². The molecule has 1 saturated carbocycles. The first-order chi connectivity index (χ1) is 10.3. The standard InChI is InChI=1S/C17H28N4/c1-21-16(11-12-9-14-7-8-15(10-12)18-14)19-17(20-21)13-5-3-2-4-6-13/h12-15,18H,2-11H2,1H3. The van der Waals surface area contributed by atoms with E-state index in [-0.39, 0.29) is 0 Å². The molecule has 0 amide bonds. The second-order valence-electron chi connectivity index (χ2n) is 7.52. The summed E-state index contributed by atoms with van der Waals surface area (Å²) in [6, 6.07) is 1.56. The minimum atomic E-state index is 0.628.